The number of carbonyl (C=O) groups excluding carboxylic acids is 1. The van der Waals surface area contributed by atoms with Crippen LogP contribution < -0.4 is 5.73 Å². The van der Waals surface area contributed by atoms with Crippen molar-refractivity contribution >= 4 is 5.91 Å². The molecule has 1 aromatic rings. The van der Waals surface area contributed by atoms with Crippen LogP contribution in [0.5, 0.6) is 0 Å². The highest BCUT2D eigenvalue weighted by molar-refractivity contribution is 5.94. The third kappa shape index (κ3) is 4.65. The molecule has 1 aromatic carbocycles. The summed E-state index contributed by atoms with van der Waals surface area (Å²) < 4.78 is 0. The number of aliphatic hydroxyl groups is 1. The Morgan fingerprint density at radius 1 is 1.32 bits per heavy atom. The minimum atomic E-state index is 0.0164. The summed E-state index contributed by atoms with van der Waals surface area (Å²) in [6, 6.07) is 7.72. The van der Waals surface area contributed by atoms with Gasteiger partial charge in [-0.15, -0.1) is 0 Å². The maximum atomic E-state index is 12.4. The van der Waals surface area contributed by atoms with Gasteiger partial charge in [-0.1, -0.05) is 12.1 Å². The summed E-state index contributed by atoms with van der Waals surface area (Å²) in [5, 5.41) is 8.89. The number of rotatable bonds is 7. The lowest BCUT2D eigenvalue weighted by Crippen LogP contribution is -2.38. The van der Waals surface area contributed by atoms with Crippen molar-refractivity contribution in [3.8, 4) is 0 Å². The number of amides is 1. The highest BCUT2D eigenvalue weighted by Gasteiger charge is 2.17. The van der Waals surface area contributed by atoms with Crippen LogP contribution in [0, 0.1) is 0 Å². The van der Waals surface area contributed by atoms with Gasteiger partial charge < -0.3 is 15.7 Å². The molecule has 3 N–H and O–H groups in total. The summed E-state index contributed by atoms with van der Waals surface area (Å²) in [7, 11) is 0. The quantitative estimate of drug-likeness (QED) is 0.782. The Bertz CT molecular complexity index is 388. The zero-order chi connectivity index (χ0) is 14.3. The van der Waals surface area contributed by atoms with Crippen molar-refractivity contribution in [2.45, 2.75) is 32.7 Å². The molecule has 0 aliphatic carbocycles. The van der Waals surface area contributed by atoms with Gasteiger partial charge in [-0.3, -0.25) is 4.79 Å². The van der Waals surface area contributed by atoms with Crippen LogP contribution in [-0.2, 0) is 6.42 Å². The monoisotopic (exact) mass is 264 g/mol. The zero-order valence-electron chi connectivity index (χ0n) is 11.8. The molecule has 0 saturated heterocycles. The number of carbonyl (C=O) groups is 1. The van der Waals surface area contributed by atoms with Crippen LogP contribution in [0.25, 0.3) is 0 Å². The van der Waals surface area contributed by atoms with Crippen molar-refractivity contribution in [3.05, 3.63) is 35.4 Å². The SMILES string of the molecule is CC(C)N(CCCO)C(=O)c1ccc(CCN)cc1. The highest BCUT2D eigenvalue weighted by atomic mass is 16.3. The van der Waals surface area contributed by atoms with E-state index in [0.29, 0.717) is 25.1 Å². The molecule has 4 heteroatoms. The molecule has 0 aromatic heterocycles. The molecule has 0 saturated carbocycles. The predicted octanol–water partition coefficient (Wildman–Crippen LogP) is 1.42. The van der Waals surface area contributed by atoms with Gasteiger partial charge in [0.05, 0.1) is 0 Å². The molecule has 1 rings (SSSR count). The van der Waals surface area contributed by atoms with E-state index in [4.69, 9.17) is 10.8 Å². The molecule has 0 fully saturated rings. The van der Waals surface area contributed by atoms with Crippen LogP contribution in [0.1, 0.15) is 36.2 Å². The molecular weight excluding hydrogens is 240 g/mol. The standard InChI is InChI=1S/C15H24N2O2/c1-12(2)17(10-3-11-18)15(19)14-6-4-13(5-7-14)8-9-16/h4-7,12,18H,3,8-11,16H2,1-2H3. The van der Waals surface area contributed by atoms with Crippen molar-refractivity contribution in [1.29, 1.82) is 0 Å². The fourth-order valence-corrected chi connectivity index (χ4v) is 1.98. The Kier molecular flexibility index (Phi) is 6.53. The van der Waals surface area contributed by atoms with E-state index in [0.717, 1.165) is 12.0 Å². The van der Waals surface area contributed by atoms with Gasteiger partial charge in [-0.2, -0.15) is 0 Å². The molecular formula is C15H24N2O2. The molecule has 0 bridgehead atoms. The lowest BCUT2D eigenvalue weighted by Gasteiger charge is -2.26. The van der Waals surface area contributed by atoms with Crippen molar-refractivity contribution in [3.63, 3.8) is 0 Å². The van der Waals surface area contributed by atoms with E-state index in [2.05, 4.69) is 0 Å². The van der Waals surface area contributed by atoms with E-state index in [1.807, 2.05) is 38.1 Å². The Labute approximate surface area is 115 Å². The first-order chi connectivity index (χ1) is 9.10. The predicted molar refractivity (Wildman–Crippen MR) is 77.1 cm³/mol. The fraction of sp³-hybridized carbons (Fsp3) is 0.533. The van der Waals surface area contributed by atoms with Gasteiger partial charge in [0.15, 0.2) is 0 Å². The van der Waals surface area contributed by atoms with Crippen LogP contribution in [0.15, 0.2) is 24.3 Å². The van der Waals surface area contributed by atoms with Gasteiger partial charge in [0.1, 0.15) is 0 Å². The largest absolute Gasteiger partial charge is 0.396 e. The number of hydrogen-bond donors (Lipinski definition) is 2. The van der Waals surface area contributed by atoms with Crippen molar-refractivity contribution in [2.24, 2.45) is 5.73 Å². The Hall–Kier alpha value is -1.39. The first-order valence-corrected chi connectivity index (χ1v) is 6.81. The van der Waals surface area contributed by atoms with Crippen LogP contribution in [0.2, 0.25) is 0 Å². The summed E-state index contributed by atoms with van der Waals surface area (Å²) in [6.07, 6.45) is 1.43. The van der Waals surface area contributed by atoms with Crippen molar-refractivity contribution in [1.82, 2.24) is 4.90 Å². The molecule has 0 aliphatic heterocycles. The summed E-state index contributed by atoms with van der Waals surface area (Å²) in [5.41, 5.74) is 7.33. The first kappa shape index (κ1) is 15.7. The lowest BCUT2D eigenvalue weighted by molar-refractivity contribution is 0.0693. The molecule has 19 heavy (non-hydrogen) atoms. The molecule has 1 amide bonds. The van der Waals surface area contributed by atoms with E-state index in [1.165, 1.54) is 0 Å². The number of aliphatic hydroxyl groups excluding tert-OH is 1. The topological polar surface area (TPSA) is 66.6 Å². The Morgan fingerprint density at radius 3 is 2.42 bits per heavy atom. The summed E-state index contributed by atoms with van der Waals surface area (Å²) in [5.74, 6) is 0.0164. The third-order valence-electron chi connectivity index (χ3n) is 3.08. The second kappa shape index (κ2) is 7.92. The second-order valence-electron chi connectivity index (χ2n) is 4.91. The molecule has 0 unspecified atom stereocenters. The van der Waals surface area contributed by atoms with Crippen LogP contribution in [0.3, 0.4) is 0 Å². The first-order valence-electron chi connectivity index (χ1n) is 6.81. The molecule has 0 spiro atoms. The number of hydrogen-bond acceptors (Lipinski definition) is 3. The average molecular weight is 264 g/mol. The summed E-state index contributed by atoms with van der Waals surface area (Å²) in [4.78, 5) is 14.2. The van der Waals surface area contributed by atoms with Gasteiger partial charge in [0.2, 0.25) is 0 Å². The summed E-state index contributed by atoms with van der Waals surface area (Å²) >= 11 is 0. The maximum absolute atomic E-state index is 12.4. The Balaban J connectivity index is 2.78. The molecule has 0 radical (unpaired) electrons. The van der Waals surface area contributed by atoms with Crippen LogP contribution in [0.4, 0.5) is 0 Å². The van der Waals surface area contributed by atoms with Gasteiger partial charge in [-0.05, 0) is 50.9 Å². The third-order valence-corrected chi connectivity index (χ3v) is 3.08. The number of nitrogens with two attached hydrogens (primary N) is 1. The molecule has 0 aliphatic rings. The number of benzene rings is 1. The van der Waals surface area contributed by atoms with E-state index in [9.17, 15) is 4.79 Å². The minimum Gasteiger partial charge on any atom is -0.396 e. The summed E-state index contributed by atoms with van der Waals surface area (Å²) in [6.45, 7) is 5.27. The highest BCUT2D eigenvalue weighted by Crippen LogP contribution is 2.11. The van der Waals surface area contributed by atoms with E-state index >= 15 is 0 Å². The van der Waals surface area contributed by atoms with Gasteiger partial charge in [0, 0.05) is 24.8 Å². The van der Waals surface area contributed by atoms with Gasteiger partial charge >= 0.3 is 0 Å². The van der Waals surface area contributed by atoms with E-state index in [1.54, 1.807) is 4.90 Å². The Morgan fingerprint density at radius 2 is 1.95 bits per heavy atom. The normalized spacial score (nSPS) is 10.8. The second-order valence-corrected chi connectivity index (χ2v) is 4.91. The van der Waals surface area contributed by atoms with Gasteiger partial charge in [0.25, 0.3) is 5.91 Å². The molecule has 0 heterocycles. The molecule has 0 atom stereocenters. The van der Waals surface area contributed by atoms with Crippen molar-refractivity contribution < 1.29 is 9.90 Å². The van der Waals surface area contributed by atoms with Crippen molar-refractivity contribution in [2.75, 3.05) is 19.7 Å². The maximum Gasteiger partial charge on any atom is 0.254 e. The molecule has 4 nitrogen and oxygen atoms in total. The lowest BCUT2D eigenvalue weighted by atomic mass is 10.1. The number of nitrogens with zero attached hydrogens (tertiary/aromatic N) is 1. The smallest absolute Gasteiger partial charge is 0.254 e. The van der Waals surface area contributed by atoms with E-state index in [-0.39, 0.29) is 18.6 Å². The minimum absolute atomic E-state index is 0.0164. The average Bonchev–Trinajstić information content (AvgIpc) is 2.40. The fourth-order valence-electron chi connectivity index (χ4n) is 1.98. The van der Waals surface area contributed by atoms with Crippen LogP contribution >= 0.6 is 0 Å². The molecule has 106 valence electrons. The zero-order valence-corrected chi connectivity index (χ0v) is 11.8. The van der Waals surface area contributed by atoms with Crippen LogP contribution in [-0.4, -0.2) is 41.7 Å². The van der Waals surface area contributed by atoms with E-state index < -0.39 is 0 Å². The van der Waals surface area contributed by atoms with Gasteiger partial charge in [-0.25, -0.2) is 0 Å².